The molecular formula is C5H8O3. The second-order valence-corrected chi connectivity index (χ2v) is 2.07. The zero-order valence-electron chi connectivity index (χ0n) is 4.50. The Hall–Kier alpha value is -0.120. The molecule has 0 amide bonds. The van der Waals surface area contributed by atoms with Gasteiger partial charge in [-0.25, -0.2) is 0 Å². The van der Waals surface area contributed by atoms with Gasteiger partial charge in [0, 0.05) is 0 Å². The van der Waals surface area contributed by atoms with E-state index in [1.165, 1.54) is 0 Å². The van der Waals surface area contributed by atoms with Gasteiger partial charge in [-0.15, -0.1) is 0 Å². The third-order valence-electron chi connectivity index (χ3n) is 1.54. The lowest BCUT2D eigenvalue weighted by Crippen LogP contribution is -2.52. The number of rotatable bonds is 0. The van der Waals surface area contributed by atoms with Crippen LogP contribution in [0.2, 0.25) is 0 Å². The Morgan fingerprint density at radius 2 is 1.88 bits per heavy atom. The molecule has 0 aromatic heterocycles. The van der Waals surface area contributed by atoms with Crippen molar-refractivity contribution in [3.8, 4) is 0 Å². The Bertz CT molecular complexity index is 81.7. The quantitative estimate of drug-likeness (QED) is 0.437. The van der Waals surface area contributed by atoms with Gasteiger partial charge in [-0.2, -0.15) is 0 Å². The third kappa shape index (κ3) is 0.555. The Labute approximate surface area is 47.5 Å². The van der Waals surface area contributed by atoms with Gasteiger partial charge in [-0.1, -0.05) is 0 Å². The van der Waals surface area contributed by atoms with E-state index in [2.05, 4.69) is 0 Å². The molecule has 0 spiro atoms. The Morgan fingerprint density at radius 3 is 2.25 bits per heavy atom. The minimum absolute atomic E-state index is 0.240. The fraction of sp³-hybridized carbons (Fsp3) is 1.00. The molecule has 2 heterocycles. The third-order valence-corrected chi connectivity index (χ3v) is 1.54. The molecule has 0 aromatic rings. The second-order valence-electron chi connectivity index (χ2n) is 2.07. The average Bonchev–Trinajstić information content (AvgIpc) is 1.72. The molecule has 46 valence electrons. The maximum atomic E-state index is 5.13. The van der Waals surface area contributed by atoms with Gasteiger partial charge >= 0.3 is 0 Å². The van der Waals surface area contributed by atoms with Crippen LogP contribution in [-0.2, 0) is 14.2 Å². The summed E-state index contributed by atoms with van der Waals surface area (Å²) in [4.78, 5) is 0. The van der Waals surface area contributed by atoms with E-state index < -0.39 is 0 Å². The molecule has 2 rings (SSSR count). The fourth-order valence-electron chi connectivity index (χ4n) is 0.922. The van der Waals surface area contributed by atoms with E-state index in [4.69, 9.17) is 14.2 Å². The zero-order chi connectivity index (χ0) is 5.40. The van der Waals surface area contributed by atoms with E-state index >= 15 is 0 Å². The first-order valence-electron chi connectivity index (χ1n) is 2.78. The molecule has 2 aliphatic rings. The summed E-state index contributed by atoms with van der Waals surface area (Å²) in [6.45, 7) is 1.92. The first-order chi connectivity index (χ1) is 3.97. The molecule has 0 aliphatic carbocycles. The van der Waals surface area contributed by atoms with Crippen LogP contribution in [0.3, 0.4) is 0 Å². The van der Waals surface area contributed by atoms with E-state index in [1.54, 1.807) is 0 Å². The largest absolute Gasteiger partial charge is 0.370 e. The van der Waals surface area contributed by atoms with Crippen molar-refractivity contribution in [1.29, 1.82) is 0 Å². The van der Waals surface area contributed by atoms with Crippen LogP contribution < -0.4 is 0 Å². The van der Waals surface area contributed by atoms with Crippen molar-refractivity contribution >= 4 is 0 Å². The van der Waals surface area contributed by atoms with Crippen LogP contribution in [0.4, 0.5) is 0 Å². The molecular weight excluding hydrogens is 108 g/mol. The summed E-state index contributed by atoms with van der Waals surface area (Å²) in [5.41, 5.74) is 0. The standard InChI is InChI=1S/C5H8O3/c1-4-5(2-7-4)8-3-6-1/h4-5H,1-3H2. The highest BCUT2D eigenvalue weighted by Crippen LogP contribution is 2.19. The summed E-state index contributed by atoms with van der Waals surface area (Å²) < 4.78 is 15.2. The SMILES string of the molecule is C1OCC2OCC2O1. The van der Waals surface area contributed by atoms with Gasteiger partial charge in [-0.05, 0) is 0 Å². The molecule has 0 saturated carbocycles. The molecule has 2 unspecified atom stereocenters. The first kappa shape index (κ1) is 4.73. The number of hydrogen-bond donors (Lipinski definition) is 0. The van der Waals surface area contributed by atoms with Gasteiger partial charge in [0.15, 0.2) is 0 Å². The van der Waals surface area contributed by atoms with Crippen molar-refractivity contribution in [2.75, 3.05) is 20.0 Å². The van der Waals surface area contributed by atoms with Crippen molar-refractivity contribution in [3.63, 3.8) is 0 Å². The molecule has 3 heteroatoms. The van der Waals surface area contributed by atoms with E-state index in [9.17, 15) is 0 Å². The lowest BCUT2D eigenvalue weighted by molar-refractivity contribution is -0.280. The molecule has 8 heavy (non-hydrogen) atoms. The van der Waals surface area contributed by atoms with Crippen molar-refractivity contribution in [1.82, 2.24) is 0 Å². The number of fused-ring (bicyclic) bond motifs is 1. The zero-order valence-corrected chi connectivity index (χ0v) is 4.50. The van der Waals surface area contributed by atoms with Gasteiger partial charge in [0.05, 0.1) is 13.2 Å². The predicted octanol–water partition coefficient (Wildman–Crippen LogP) is -0.242. The highest BCUT2D eigenvalue weighted by atomic mass is 16.7. The Kier molecular flexibility index (Phi) is 0.997. The molecule has 3 nitrogen and oxygen atoms in total. The van der Waals surface area contributed by atoms with E-state index in [0.717, 1.165) is 6.61 Å². The van der Waals surface area contributed by atoms with Crippen molar-refractivity contribution in [2.45, 2.75) is 12.2 Å². The maximum absolute atomic E-state index is 5.13. The van der Waals surface area contributed by atoms with Crippen LogP contribution in [0.25, 0.3) is 0 Å². The summed E-state index contributed by atoms with van der Waals surface area (Å²) in [5, 5.41) is 0. The summed E-state index contributed by atoms with van der Waals surface area (Å²) in [5.74, 6) is 0. The van der Waals surface area contributed by atoms with Gasteiger partial charge < -0.3 is 14.2 Å². The highest BCUT2D eigenvalue weighted by Gasteiger charge is 2.35. The van der Waals surface area contributed by atoms with E-state index in [1.807, 2.05) is 0 Å². The number of ether oxygens (including phenoxy) is 3. The van der Waals surface area contributed by atoms with Crippen LogP contribution in [0, 0.1) is 0 Å². The Balaban J connectivity index is 1.92. The minimum Gasteiger partial charge on any atom is -0.370 e. The molecule has 0 N–H and O–H groups in total. The smallest absolute Gasteiger partial charge is 0.147 e. The molecule has 2 fully saturated rings. The molecule has 0 radical (unpaired) electrons. The van der Waals surface area contributed by atoms with Crippen molar-refractivity contribution in [3.05, 3.63) is 0 Å². The highest BCUT2D eigenvalue weighted by molar-refractivity contribution is 4.80. The van der Waals surface area contributed by atoms with Crippen LogP contribution in [-0.4, -0.2) is 32.2 Å². The fourth-order valence-corrected chi connectivity index (χ4v) is 0.922. The van der Waals surface area contributed by atoms with Crippen LogP contribution in [0.5, 0.6) is 0 Å². The van der Waals surface area contributed by atoms with Gasteiger partial charge in [0.2, 0.25) is 0 Å². The summed E-state index contributed by atoms with van der Waals surface area (Å²) in [6.07, 6.45) is 0.576. The molecule has 2 saturated heterocycles. The normalized spacial score (nSPS) is 45.0. The molecule has 2 atom stereocenters. The average molecular weight is 116 g/mol. The molecule has 0 aromatic carbocycles. The van der Waals surface area contributed by atoms with Gasteiger partial charge in [0.1, 0.15) is 19.0 Å². The van der Waals surface area contributed by atoms with Crippen LogP contribution >= 0.6 is 0 Å². The number of hydrogen-bond acceptors (Lipinski definition) is 3. The molecule has 2 aliphatic heterocycles. The summed E-state index contributed by atoms with van der Waals surface area (Å²) in [7, 11) is 0. The van der Waals surface area contributed by atoms with E-state index in [-0.39, 0.29) is 6.10 Å². The minimum atomic E-state index is 0.240. The van der Waals surface area contributed by atoms with Gasteiger partial charge in [0.25, 0.3) is 0 Å². The molecule has 0 bridgehead atoms. The van der Waals surface area contributed by atoms with Crippen LogP contribution in [0.15, 0.2) is 0 Å². The van der Waals surface area contributed by atoms with Crippen LogP contribution in [0.1, 0.15) is 0 Å². The predicted molar refractivity (Wildman–Crippen MR) is 25.4 cm³/mol. The lowest BCUT2D eigenvalue weighted by atomic mass is 10.1. The summed E-state index contributed by atoms with van der Waals surface area (Å²) >= 11 is 0. The second kappa shape index (κ2) is 1.69. The van der Waals surface area contributed by atoms with Crippen molar-refractivity contribution < 1.29 is 14.2 Å². The monoisotopic (exact) mass is 116 g/mol. The Morgan fingerprint density at radius 1 is 1.00 bits per heavy atom. The maximum Gasteiger partial charge on any atom is 0.147 e. The first-order valence-corrected chi connectivity index (χ1v) is 2.78. The lowest BCUT2D eigenvalue weighted by Gasteiger charge is -2.39. The van der Waals surface area contributed by atoms with E-state index in [0.29, 0.717) is 19.5 Å². The topological polar surface area (TPSA) is 27.7 Å². The summed E-state index contributed by atoms with van der Waals surface area (Å²) in [6, 6.07) is 0. The van der Waals surface area contributed by atoms with Crippen molar-refractivity contribution in [2.24, 2.45) is 0 Å². The van der Waals surface area contributed by atoms with Gasteiger partial charge in [-0.3, -0.25) is 0 Å².